The van der Waals surface area contributed by atoms with Crippen molar-refractivity contribution in [2.45, 2.75) is 45.7 Å². The Hall–Kier alpha value is -3.96. The molecule has 0 saturated carbocycles. The normalized spacial score (nSPS) is 17.2. The number of likely N-dealkylation sites (N-methyl/N-ethyl adjacent to an activating group) is 2. The lowest BCUT2D eigenvalue weighted by atomic mass is 9.86. The fraction of sp³-hybridized carbons (Fsp3) is 0.480. The van der Waals surface area contributed by atoms with Gasteiger partial charge in [0.05, 0.1) is 0 Å². The third kappa shape index (κ3) is 4.30. The van der Waals surface area contributed by atoms with Gasteiger partial charge in [-0.05, 0) is 50.8 Å². The van der Waals surface area contributed by atoms with E-state index >= 15 is 0 Å². The van der Waals surface area contributed by atoms with Gasteiger partial charge in [-0.15, -0.1) is 0 Å². The number of anilines is 1. The maximum absolute atomic E-state index is 13.5. The van der Waals surface area contributed by atoms with E-state index < -0.39 is 28.4 Å². The molecule has 1 aromatic heterocycles. The predicted octanol–water partition coefficient (Wildman–Crippen LogP) is 1.51. The summed E-state index contributed by atoms with van der Waals surface area (Å²) in [6.45, 7) is 6.58. The largest absolute Gasteiger partial charge is 0.501 e. The first kappa shape index (κ1) is 26.1. The van der Waals surface area contributed by atoms with E-state index in [-0.39, 0.29) is 30.2 Å². The Morgan fingerprint density at radius 1 is 1.16 bits per heavy atom. The van der Waals surface area contributed by atoms with Crippen LogP contribution in [-0.2, 0) is 18.4 Å². The number of aromatic hydroxyl groups is 1. The first-order valence-corrected chi connectivity index (χ1v) is 12.3. The number of hydrogen-bond acceptors (Lipinski definition) is 7. The number of aromatic nitrogens is 2. The van der Waals surface area contributed by atoms with Gasteiger partial charge in [0.1, 0.15) is 11.4 Å². The van der Waals surface area contributed by atoms with Gasteiger partial charge in [-0.3, -0.25) is 23.9 Å². The Morgan fingerprint density at radius 2 is 1.84 bits per heavy atom. The Labute approximate surface area is 213 Å². The number of urea groups is 1. The minimum atomic E-state index is -0.943. The van der Waals surface area contributed by atoms with Crippen molar-refractivity contribution in [3.05, 3.63) is 51.2 Å². The molecule has 1 spiro atoms. The summed E-state index contributed by atoms with van der Waals surface area (Å²) in [5.41, 5.74) is -1.07. The smallest absolute Gasteiger partial charge is 0.327 e. The molecule has 11 nitrogen and oxygen atoms in total. The number of imide groups is 1. The van der Waals surface area contributed by atoms with Gasteiger partial charge in [-0.25, -0.2) is 14.2 Å². The topological polar surface area (TPSA) is 128 Å². The highest BCUT2D eigenvalue weighted by Gasteiger charge is 2.57. The summed E-state index contributed by atoms with van der Waals surface area (Å²) in [6, 6.07) is 4.13. The molecule has 0 radical (unpaired) electrons. The van der Waals surface area contributed by atoms with Crippen molar-refractivity contribution in [1.82, 2.24) is 24.7 Å². The van der Waals surface area contributed by atoms with Gasteiger partial charge in [0.25, 0.3) is 17.4 Å². The average Bonchev–Trinajstić information content (AvgIpc) is 3.08. The third-order valence-corrected chi connectivity index (χ3v) is 7.26. The number of hydrogen-bond donors (Lipinski definition) is 2. The molecule has 2 aliphatic rings. The predicted molar refractivity (Wildman–Crippen MR) is 133 cm³/mol. The first-order valence-electron chi connectivity index (χ1n) is 12.3. The Morgan fingerprint density at radius 3 is 2.43 bits per heavy atom. The van der Waals surface area contributed by atoms with Crippen molar-refractivity contribution >= 4 is 23.8 Å². The summed E-state index contributed by atoms with van der Waals surface area (Å²) < 4.78 is 14.7. The molecule has 0 aliphatic carbocycles. The molecule has 0 atom stereocenters. The zero-order valence-corrected chi connectivity index (χ0v) is 21.4. The van der Waals surface area contributed by atoms with Crippen molar-refractivity contribution in [3.8, 4) is 5.75 Å². The maximum atomic E-state index is 13.5. The van der Waals surface area contributed by atoms with Gasteiger partial charge in [0.15, 0.2) is 5.69 Å². The Kier molecular flexibility index (Phi) is 6.94. The van der Waals surface area contributed by atoms with Crippen molar-refractivity contribution in [2.24, 2.45) is 7.05 Å². The van der Waals surface area contributed by atoms with Crippen LogP contribution < -0.4 is 15.8 Å². The second-order valence-electron chi connectivity index (χ2n) is 9.33. The Balaban J connectivity index is 1.56. The molecule has 2 N–H and O–H groups in total. The lowest BCUT2D eigenvalue weighted by molar-refractivity contribution is -0.134. The molecule has 37 heavy (non-hydrogen) atoms. The highest BCUT2D eigenvalue weighted by molar-refractivity contribution is 6.07. The molecule has 3 heterocycles. The molecule has 4 rings (SSSR count). The second-order valence-corrected chi connectivity index (χ2v) is 9.33. The summed E-state index contributed by atoms with van der Waals surface area (Å²) in [6.07, 6.45) is 0.675. The van der Waals surface area contributed by atoms with Crippen molar-refractivity contribution in [2.75, 3.05) is 31.1 Å². The quantitative estimate of drug-likeness (QED) is 0.559. The summed E-state index contributed by atoms with van der Waals surface area (Å²) >= 11 is 0. The Bertz CT molecular complexity index is 1320. The summed E-state index contributed by atoms with van der Waals surface area (Å²) in [5, 5.41) is 13.0. The summed E-state index contributed by atoms with van der Waals surface area (Å²) in [4.78, 5) is 60.4. The van der Waals surface area contributed by atoms with Crippen LogP contribution in [-0.4, -0.2) is 74.0 Å². The van der Waals surface area contributed by atoms with Gasteiger partial charge >= 0.3 is 6.03 Å². The van der Waals surface area contributed by atoms with Gasteiger partial charge < -0.3 is 20.2 Å². The van der Waals surface area contributed by atoms with E-state index in [1.807, 2.05) is 6.92 Å². The maximum Gasteiger partial charge on any atom is 0.327 e. The number of halogens is 1. The number of carbonyl (C=O) groups excluding carboxylic acids is 3. The number of nitrogens with zero attached hydrogens (tertiary/aromatic N) is 5. The van der Waals surface area contributed by atoms with Crippen LogP contribution in [0.5, 0.6) is 5.75 Å². The highest BCUT2D eigenvalue weighted by Crippen LogP contribution is 2.37. The fourth-order valence-electron chi connectivity index (χ4n) is 5.16. The van der Waals surface area contributed by atoms with Crippen LogP contribution in [0.2, 0.25) is 0 Å². The molecule has 0 unspecified atom stereocenters. The van der Waals surface area contributed by atoms with Gasteiger partial charge in [0, 0.05) is 39.8 Å². The fourth-order valence-corrected chi connectivity index (χ4v) is 5.16. The number of rotatable bonds is 6. The molecule has 2 aliphatic heterocycles. The molecule has 12 heteroatoms. The number of nitrogens with one attached hydrogen (secondary N) is 1. The van der Waals surface area contributed by atoms with Crippen LogP contribution in [0.1, 0.15) is 48.3 Å². The zero-order valence-electron chi connectivity index (χ0n) is 21.4. The van der Waals surface area contributed by atoms with E-state index in [1.54, 1.807) is 29.7 Å². The number of carbonyl (C=O) groups is 3. The van der Waals surface area contributed by atoms with Crippen LogP contribution in [0, 0.1) is 12.7 Å². The standard InChI is InChI=1S/C25H31FN6O5/c1-5-31-22(36)25(32(6-2)24(31)37)9-11-30(12-10-25)23-28-18(19(33)21(35)29(23)4)20(34)27-14-16-7-8-17(26)15(3)13-16/h7-8,13,33H,5-6,9-12,14H2,1-4H3,(H,27,34). The number of aryl methyl sites for hydroxylation is 1. The van der Waals surface area contributed by atoms with E-state index in [1.165, 1.54) is 24.1 Å². The van der Waals surface area contributed by atoms with E-state index in [2.05, 4.69) is 10.3 Å². The van der Waals surface area contributed by atoms with Crippen LogP contribution in [0.4, 0.5) is 15.1 Å². The molecule has 2 fully saturated rings. The van der Waals surface area contributed by atoms with Crippen LogP contribution in [0.25, 0.3) is 0 Å². The van der Waals surface area contributed by atoms with Crippen LogP contribution in [0.15, 0.2) is 23.0 Å². The molecule has 4 amide bonds. The van der Waals surface area contributed by atoms with Crippen LogP contribution >= 0.6 is 0 Å². The molecular weight excluding hydrogens is 483 g/mol. The highest BCUT2D eigenvalue weighted by atomic mass is 19.1. The number of amides is 4. The SMILES string of the molecule is CCN1C(=O)N(CC)C2(CCN(c3nc(C(=O)NCc4ccc(F)c(C)c4)c(O)c(=O)n3C)CC2)C1=O. The third-order valence-electron chi connectivity index (χ3n) is 7.26. The number of piperidine rings is 1. The average molecular weight is 515 g/mol. The van der Waals surface area contributed by atoms with Gasteiger partial charge in [-0.2, -0.15) is 0 Å². The van der Waals surface area contributed by atoms with E-state index in [0.29, 0.717) is 50.1 Å². The zero-order chi connectivity index (χ0) is 27.1. The lowest BCUT2D eigenvalue weighted by Crippen LogP contribution is -2.57. The van der Waals surface area contributed by atoms with E-state index in [9.17, 15) is 28.7 Å². The van der Waals surface area contributed by atoms with Gasteiger partial charge in [-0.1, -0.05) is 12.1 Å². The molecule has 0 bridgehead atoms. The molecule has 2 aromatic rings. The van der Waals surface area contributed by atoms with Gasteiger partial charge in [0.2, 0.25) is 11.7 Å². The minimum Gasteiger partial charge on any atom is -0.501 e. The molecule has 1 aromatic carbocycles. The number of benzene rings is 1. The molecule has 198 valence electrons. The van der Waals surface area contributed by atoms with Crippen LogP contribution in [0.3, 0.4) is 0 Å². The second kappa shape index (κ2) is 9.83. The minimum absolute atomic E-state index is 0.0504. The van der Waals surface area contributed by atoms with E-state index in [0.717, 1.165) is 4.57 Å². The summed E-state index contributed by atoms with van der Waals surface area (Å²) in [7, 11) is 1.44. The molecular formula is C25H31FN6O5. The molecule has 2 saturated heterocycles. The monoisotopic (exact) mass is 514 g/mol. The van der Waals surface area contributed by atoms with Crippen molar-refractivity contribution in [3.63, 3.8) is 0 Å². The van der Waals surface area contributed by atoms with Crippen molar-refractivity contribution in [1.29, 1.82) is 0 Å². The van der Waals surface area contributed by atoms with E-state index in [4.69, 9.17) is 0 Å². The lowest BCUT2D eigenvalue weighted by Gasteiger charge is -2.42. The summed E-state index contributed by atoms with van der Waals surface area (Å²) in [5.74, 6) is -1.93. The first-order chi connectivity index (χ1) is 17.5. The van der Waals surface area contributed by atoms with Crippen molar-refractivity contribution < 1.29 is 23.9 Å².